The largest absolute Gasteiger partial charge is 0.450 e. The van der Waals surface area contributed by atoms with Gasteiger partial charge in [0.1, 0.15) is 5.82 Å². The number of hydrogen-bond acceptors (Lipinski definition) is 4. The Kier molecular flexibility index (Phi) is 6.06. The van der Waals surface area contributed by atoms with Crippen LogP contribution in [0, 0.1) is 5.82 Å². The summed E-state index contributed by atoms with van der Waals surface area (Å²) >= 11 is 1.19. The van der Waals surface area contributed by atoms with E-state index in [0.29, 0.717) is 37.7 Å². The summed E-state index contributed by atoms with van der Waals surface area (Å²) in [5, 5.41) is 0. The van der Waals surface area contributed by atoms with Gasteiger partial charge in [-0.3, -0.25) is 4.79 Å². The van der Waals surface area contributed by atoms with E-state index >= 15 is 0 Å². The van der Waals surface area contributed by atoms with E-state index in [4.69, 9.17) is 4.74 Å². The predicted octanol–water partition coefficient (Wildman–Crippen LogP) is 2.22. The molecule has 1 saturated heterocycles. The van der Waals surface area contributed by atoms with Crippen LogP contribution in [0.4, 0.5) is 9.18 Å². The van der Waals surface area contributed by atoms with Crippen LogP contribution in [0.25, 0.3) is 0 Å². The number of amides is 2. The van der Waals surface area contributed by atoms with Gasteiger partial charge in [-0.25, -0.2) is 9.18 Å². The van der Waals surface area contributed by atoms with E-state index < -0.39 is 0 Å². The number of halogens is 1. The lowest BCUT2D eigenvalue weighted by atomic mass is 10.3. The Hall–Kier alpha value is -1.76. The highest BCUT2D eigenvalue weighted by Gasteiger charge is 2.24. The molecule has 0 spiro atoms. The van der Waals surface area contributed by atoms with Crippen LogP contribution in [-0.2, 0) is 9.53 Å². The molecule has 0 N–H and O–H groups in total. The third-order valence-corrected chi connectivity index (χ3v) is 4.38. The van der Waals surface area contributed by atoms with Crippen LogP contribution in [-0.4, -0.2) is 60.3 Å². The van der Waals surface area contributed by atoms with E-state index in [1.807, 2.05) is 0 Å². The van der Waals surface area contributed by atoms with Gasteiger partial charge in [-0.05, 0) is 19.1 Å². The minimum atomic E-state index is -0.338. The third-order valence-electron chi connectivity index (χ3n) is 3.35. The second-order valence-corrected chi connectivity index (χ2v) is 5.80. The number of rotatable bonds is 4. The molecule has 120 valence electrons. The van der Waals surface area contributed by atoms with Crippen molar-refractivity contribution in [2.24, 2.45) is 0 Å². The van der Waals surface area contributed by atoms with E-state index in [2.05, 4.69) is 0 Å². The average molecular weight is 326 g/mol. The Morgan fingerprint density at radius 3 is 2.45 bits per heavy atom. The molecule has 1 fully saturated rings. The summed E-state index contributed by atoms with van der Waals surface area (Å²) in [5.74, 6) is -0.162. The third kappa shape index (κ3) is 4.37. The normalized spacial score (nSPS) is 14.8. The summed E-state index contributed by atoms with van der Waals surface area (Å²) in [7, 11) is 0. The minimum Gasteiger partial charge on any atom is -0.450 e. The van der Waals surface area contributed by atoms with Gasteiger partial charge in [-0.2, -0.15) is 0 Å². The molecule has 2 rings (SSSR count). The Bertz CT molecular complexity index is 533. The highest BCUT2D eigenvalue weighted by molar-refractivity contribution is 8.00. The van der Waals surface area contributed by atoms with Crippen molar-refractivity contribution in [2.45, 2.75) is 11.8 Å². The van der Waals surface area contributed by atoms with Crippen LogP contribution in [0.1, 0.15) is 6.92 Å². The summed E-state index contributed by atoms with van der Waals surface area (Å²) in [4.78, 5) is 27.5. The first-order valence-electron chi connectivity index (χ1n) is 7.18. The van der Waals surface area contributed by atoms with Gasteiger partial charge >= 0.3 is 6.09 Å². The molecule has 1 aliphatic rings. The smallest absolute Gasteiger partial charge is 0.409 e. The van der Waals surface area contributed by atoms with Gasteiger partial charge in [-0.15, -0.1) is 11.8 Å². The van der Waals surface area contributed by atoms with E-state index in [1.165, 1.54) is 17.8 Å². The number of hydrogen-bond donors (Lipinski definition) is 0. The van der Waals surface area contributed by atoms with Crippen molar-refractivity contribution in [3.8, 4) is 0 Å². The number of carbonyl (C=O) groups excluding carboxylic acids is 2. The maximum absolute atomic E-state index is 13.5. The summed E-state index contributed by atoms with van der Waals surface area (Å²) in [5.41, 5.74) is 0. The standard InChI is InChI=1S/C15H19FN2O3S/c1-2-21-15(20)18-9-7-17(8-10-18)14(19)11-22-13-6-4-3-5-12(13)16/h3-6H,2,7-11H2,1H3. The second kappa shape index (κ2) is 8.03. The predicted molar refractivity (Wildman–Crippen MR) is 82.3 cm³/mol. The monoisotopic (exact) mass is 326 g/mol. The fourth-order valence-electron chi connectivity index (χ4n) is 2.15. The minimum absolute atomic E-state index is 0.0447. The Balaban J connectivity index is 1.78. The van der Waals surface area contributed by atoms with E-state index in [1.54, 1.807) is 34.9 Å². The molecule has 0 radical (unpaired) electrons. The molecule has 0 aromatic heterocycles. The maximum atomic E-state index is 13.5. The molecule has 22 heavy (non-hydrogen) atoms. The molecule has 7 heteroatoms. The lowest BCUT2D eigenvalue weighted by molar-refractivity contribution is -0.129. The molecule has 5 nitrogen and oxygen atoms in total. The number of ether oxygens (including phenoxy) is 1. The van der Waals surface area contributed by atoms with Crippen LogP contribution in [0.5, 0.6) is 0 Å². The summed E-state index contributed by atoms with van der Waals surface area (Å²) < 4.78 is 18.4. The lowest BCUT2D eigenvalue weighted by Crippen LogP contribution is -2.51. The van der Waals surface area contributed by atoms with Gasteiger partial charge in [0.05, 0.1) is 12.4 Å². The van der Waals surface area contributed by atoms with Crippen LogP contribution < -0.4 is 0 Å². The van der Waals surface area contributed by atoms with Crippen molar-refractivity contribution in [3.63, 3.8) is 0 Å². The highest BCUT2D eigenvalue weighted by Crippen LogP contribution is 2.21. The molecule has 0 atom stereocenters. The van der Waals surface area contributed by atoms with E-state index in [-0.39, 0.29) is 23.6 Å². The number of nitrogens with zero attached hydrogens (tertiary/aromatic N) is 2. The van der Waals surface area contributed by atoms with Gasteiger partial charge in [0.15, 0.2) is 0 Å². The number of benzene rings is 1. The van der Waals surface area contributed by atoms with Crippen LogP contribution in [0.15, 0.2) is 29.2 Å². The Morgan fingerprint density at radius 2 is 1.82 bits per heavy atom. The summed E-state index contributed by atoms with van der Waals surface area (Å²) in [6.07, 6.45) is -0.338. The molecule has 0 aliphatic carbocycles. The van der Waals surface area contributed by atoms with Gasteiger partial charge in [0, 0.05) is 31.1 Å². The zero-order valence-electron chi connectivity index (χ0n) is 12.5. The second-order valence-electron chi connectivity index (χ2n) is 4.79. The fourth-order valence-corrected chi connectivity index (χ4v) is 2.99. The number of carbonyl (C=O) groups is 2. The molecule has 1 aliphatic heterocycles. The van der Waals surface area contributed by atoms with Crippen LogP contribution >= 0.6 is 11.8 Å². The highest BCUT2D eigenvalue weighted by atomic mass is 32.2. The number of thioether (sulfide) groups is 1. The SMILES string of the molecule is CCOC(=O)N1CCN(C(=O)CSc2ccccc2F)CC1. The molecule has 0 saturated carbocycles. The van der Waals surface area contributed by atoms with Gasteiger partial charge in [0.25, 0.3) is 0 Å². The first-order valence-corrected chi connectivity index (χ1v) is 8.17. The van der Waals surface area contributed by atoms with Crippen molar-refractivity contribution in [3.05, 3.63) is 30.1 Å². The van der Waals surface area contributed by atoms with Crippen molar-refractivity contribution >= 4 is 23.8 Å². The molecule has 1 heterocycles. The molecular formula is C15H19FN2O3S. The van der Waals surface area contributed by atoms with Gasteiger partial charge in [-0.1, -0.05) is 12.1 Å². The van der Waals surface area contributed by atoms with Crippen molar-refractivity contribution in [1.82, 2.24) is 9.80 Å². The van der Waals surface area contributed by atoms with Crippen molar-refractivity contribution in [2.75, 3.05) is 38.5 Å². The topological polar surface area (TPSA) is 49.9 Å². The maximum Gasteiger partial charge on any atom is 0.409 e. The Morgan fingerprint density at radius 1 is 1.18 bits per heavy atom. The lowest BCUT2D eigenvalue weighted by Gasteiger charge is -2.34. The van der Waals surface area contributed by atoms with E-state index in [9.17, 15) is 14.0 Å². The molecule has 0 bridgehead atoms. The molecule has 1 aromatic rings. The first kappa shape index (κ1) is 16.6. The fraction of sp³-hybridized carbons (Fsp3) is 0.467. The quantitative estimate of drug-likeness (QED) is 0.796. The average Bonchev–Trinajstić information content (AvgIpc) is 2.54. The van der Waals surface area contributed by atoms with Gasteiger partial charge < -0.3 is 14.5 Å². The molecule has 1 aromatic carbocycles. The Labute approximate surface area is 133 Å². The van der Waals surface area contributed by atoms with Crippen LogP contribution in [0.3, 0.4) is 0 Å². The summed E-state index contributed by atoms with van der Waals surface area (Å²) in [6, 6.07) is 6.40. The number of piperazine rings is 1. The zero-order chi connectivity index (χ0) is 15.9. The van der Waals surface area contributed by atoms with Gasteiger partial charge in [0.2, 0.25) is 5.91 Å². The van der Waals surface area contributed by atoms with Crippen LogP contribution in [0.2, 0.25) is 0 Å². The van der Waals surface area contributed by atoms with E-state index in [0.717, 1.165) is 0 Å². The zero-order valence-corrected chi connectivity index (χ0v) is 13.3. The summed E-state index contributed by atoms with van der Waals surface area (Å²) in [6.45, 7) is 4.00. The van der Waals surface area contributed by atoms with Crippen molar-refractivity contribution < 1.29 is 18.7 Å². The first-order chi connectivity index (χ1) is 10.6. The molecule has 0 unspecified atom stereocenters. The molecule has 2 amide bonds. The van der Waals surface area contributed by atoms with Crippen molar-refractivity contribution in [1.29, 1.82) is 0 Å². The molecular weight excluding hydrogens is 307 g/mol.